The first kappa shape index (κ1) is 22.1. The lowest BCUT2D eigenvalue weighted by atomic mass is 10.1. The van der Waals surface area contributed by atoms with Crippen molar-refractivity contribution in [2.24, 2.45) is 0 Å². The molecule has 1 fully saturated rings. The van der Waals surface area contributed by atoms with Gasteiger partial charge in [-0.25, -0.2) is 4.79 Å². The minimum atomic E-state index is -0.798. The number of aryl methyl sites for hydroxylation is 1. The summed E-state index contributed by atoms with van der Waals surface area (Å²) in [5, 5.41) is 20.2. The van der Waals surface area contributed by atoms with Gasteiger partial charge in [0.1, 0.15) is 11.1 Å². The number of benzene rings is 2. The lowest BCUT2D eigenvalue weighted by Crippen LogP contribution is -2.30. The maximum atomic E-state index is 13.3. The number of hydrogen-bond acceptors (Lipinski definition) is 7. The van der Waals surface area contributed by atoms with Gasteiger partial charge in [-0.1, -0.05) is 41.6 Å². The van der Waals surface area contributed by atoms with Crippen LogP contribution in [0.15, 0.2) is 59.1 Å². The van der Waals surface area contributed by atoms with E-state index < -0.39 is 16.1 Å². The molecule has 0 aliphatic carbocycles. The summed E-state index contributed by atoms with van der Waals surface area (Å²) in [6, 6.07) is 15.1. The first-order valence-electron chi connectivity index (χ1n) is 9.47. The van der Waals surface area contributed by atoms with E-state index in [9.17, 15) is 25.0 Å². The molecule has 0 aromatic heterocycles. The first-order chi connectivity index (χ1) is 14.8. The Morgan fingerprint density at radius 2 is 2.00 bits per heavy atom. The third kappa shape index (κ3) is 4.75. The summed E-state index contributed by atoms with van der Waals surface area (Å²) < 4.78 is 5.00. The predicted octanol–water partition coefficient (Wildman–Crippen LogP) is 3.89. The van der Waals surface area contributed by atoms with Crippen LogP contribution in [-0.4, -0.2) is 28.7 Å². The number of non-ortho nitro benzene ring substituents is 1. The van der Waals surface area contributed by atoms with Gasteiger partial charge in [0.2, 0.25) is 5.91 Å². The highest BCUT2D eigenvalue weighted by molar-refractivity contribution is 8.05. The Morgan fingerprint density at radius 3 is 2.61 bits per heavy atom. The number of nitro groups is 1. The molecule has 0 N–H and O–H groups in total. The molecule has 1 aliphatic rings. The Balaban J connectivity index is 2.03. The second-order valence-electron chi connectivity index (χ2n) is 6.76. The number of nitriles is 1. The number of nitrogens with zero attached hydrogens (tertiary/aromatic N) is 3. The van der Waals surface area contributed by atoms with Gasteiger partial charge in [0.15, 0.2) is 5.57 Å². The van der Waals surface area contributed by atoms with Gasteiger partial charge >= 0.3 is 5.97 Å². The lowest BCUT2D eigenvalue weighted by molar-refractivity contribution is -0.384. The van der Waals surface area contributed by atoms with Crippen molar-refractivity contribution in [1.82, 2.24) is 0 Å². The molecule has 0 spiro atoms. The van der Waals surface area contributed by atoms with Gasteiger partial charge in [0, 0.05) is 17.8 Å². The van der Waals surface area contributed by atoms with Crippen LogP contribution in [0.25, 0.3) is 0 Å². The zero-order chi connectivity index (χ0) is 22.5. The van der Waals surface area contributed by atoms with E-state index in [2.05, 4.69) is 0 Å². The zero-order valence-corrected chi connectivity index (χ0v) is 17.7. The molecule has 1 aliphatic heterocycles. The van der Waals surface area contributed by atoms with Gasteiger partial charge in [0.05, 0.1) is 16.8 Å². The molecule has 0 saturated carbocycles. The van der Waals surface area contributed by atoms with Gasteiger partial charge in [-0.15, -0.1) is 0 Å². The highest BCUT2D eigenvalue weighted by atomic mass is 32.2. The van der Waals surface area contributed by atoms with E-state index in [-0.39, 0.29) is 35.2 Å². The van der Waals surface area contributed by atoms with E-state index in [4.69, 9.17) is 4.74 Å². The fourth-order valence-corrected chi connectivity index (χ4v) is 4.41. The molecule has 8 nitrogen and oxygen atoms in total. The van der Waals surface area contributed by atoms with E-state index in [0.717, 1.165) is 17.3 Å². The maximum Gasteiger partial charge on any atom is 0.351 e. The normalized spacial score (nSPS) is 17.3. The number of rotatable bonds is 6. The lowest BCUT2D eigenvalue weighted by Gasteiger charge is -2.18. The fraction of sp³-hybridized carbons (Fsp3) is 0.227. The smallest absolute Gasteiger partial charge is 0.351 e. The van der Waals surface area contributed by atoms with Crippen molar-refractivity contribution in [2.75, 3.05) is 11.5 Å². The SMILES string of the molecule is CCOC(=O)/C(C#N)=C1\S[C@H](Cc2cccc([N+](=O)[O-])c2)C(=O)N1c1ccc(C)cc1. The topological polar surface area (TPSA) is 114 Å². The van der Waals surface area contributed by atoms with Crippen LogP contribution in [0, 0.1) is 28.4 Å². The molecule has 1 saturated heterocycles. The second kappa shape index (κ2) is 9.45. The van der Waals surface area contributed by atoms with Gasteiger partial charge in [0.25, 0.3) is 5.69 Å². The number of carbonyl (C=O) groups excluding carboxylic acids is 2. The summed E-state index contributed by atoms with van der Waals surface area (Å²) in [4.78, 5) is 37.6. The van der Waals surface area contributed by atoms with E-state index in [0.29, 0.717) is 11.3 Å². The number of thioether (sulfide) groups is 1. The fourth-order valence-electron chi connectivity index (χ4n) is 3.12. The summed E-state index contributed by atoms with van der Waals surface area (Å²) in [6.07, 6.45) is 0.207. The van der Waals surface area contributed by atoms with Crippen LogP contribution in [0.4, 0.5) is 11.4 Å². The van der Waals surface area contributed by atoms with Crippen molar-refractivity contribution in [3.63, 3.8) is 0 Å². The van der Waals surface area contributed by atoms with Crippen molar-refractivity contribution in [1.29, 1.82) is 5.26 Å². The minimum absolute atomic E-state index is 0.0664. The van der Waals surface area contributed by atoms with Crippen LogP contribution in [0.5, 0.6) is 0 Å². The number of amides is 1. The Hall–Kier alpha value is -3.64. The van der Waals surface area contributed by atoms with Crippen molar-refractivity contribution >= 4 is 35.0 Å². The van der Waals surface area contributed by atoms with Gasteiger partial charge < -0.3 is 4.74 Å². The number of nitro benzene ring substituents is 1. The summed E-state index contributed by atoms with van der Waals surface area (Å²) in [6.45, 7) is 3.64. The molecule has 1 amide bonds. The number of esters is 1. The monoisotopic (exact) mass is 437 g/mol. The standard InChI is InChI=1S/C22H19N3O5S/c1-3-30-22(27)18(13-23)21-24(16-9-7-14(2)8-10-16)20(26)19(31-21)12-15-5-4-6-17(11-15)25(28)29/h4-11,19H,3,12H2,1-2H3/b21-18-/t19-/m1/s1. The number of hydrogen-bond donors (Lipinski definition) is 0. The summed E-state index contributed by atoms with van der Waals surface area (Å²) >= 11 is 1.08. The van der Waals surface area contributed by atoms with Crippen LogP contribution in [0.1, 0.15) is 18.1 Å². The summed E-state index contributed by atoms with van der Waals surface area (Å²) in [5.41, 5.74) is 1.81. The molecule has 1 atom stereocenters. The van der Waals surface area contributed by atoms with Crippen molar-refractivity contribution in [3.8, 4) is 6.07 Å². The third-order valence-electron chi connectivity index (χ3n) is 4.59. The van der Waals surface area contributed by atoms with Crippen LogP contribution < -0.4 is 4.90 Å². The highest BCUT2D eigenvalue weighted by Crippen LogP contribution is 2.42. The van der Waals surface area contributed by atoms with Gasteiger partial charge in [-0.05, 0) is 38.0 Å². The summed E-state index contributed by atoms with van der Waals surface area (Å²) in [5.74, 6) is -1.11. The Morgan fingerprint density at radius 1 is 1.29 bits per heavy atom. The Bertz CT molecular complexity index is 1100. The van der Waals surface area contributed by atoms with Gasteiger partial charge in [-0.3, -0.25) is 19.8 Å². The summed E-state index contributed by atoms with van der Waals surface area (Å²) in [7, 11) is 0. The van der Waals surface area contributed by atoms with E-state index >= 15 is 0 Å². The number of anilines is 1. The first-order valence-corrected chi connectivity index (χ1v) is 10.4. The molecular weight excluding hydrogens is 418 g/mol. The molecule has 31 heavy (non-hydrogen) atoms. The van der Waals surface area contributed by atoms with Crippen molar-refractivity contribution in [2.45, 2.75) is 25.5 Å². The van der Waals surface area contributed by atoms with Gasteiger partial charge in [-0.2, -0.15) is 5.26 Å². The molecule has 9 heteroatoms. The minimum Gasteiger partial charge on any atom is -0.462 e. The quantitative estimate of drug-likeness (QED) is 0.221. The van der Waals surface area contributed by atoms with Crippen molar-refractivity contribution in [3.05, 3.63) is 80.4 Å². The van der Waals surface area contributed by atoms with E-state index in [1.165, 1.54) is 17.0 Å². The van der Waals surface area contributed by atoms with E-state index in [1.54, 1.807) is 31.2 Å². The third-order valence-corrected chi connectivity index (χ3v) is 5.86. The molecule has 3 rings (SSSR count). The molecule has 0 unspecified atom stereocenters. The van der Waals surface area contributed by atoms with Crippen LogP contribution in [0.2, 0.25) is 0 Å². The van der Waals surface area contributed by atoms with Crippen LogP contribution >= 0.6 is 11.8 Å². The highest BCUT2D eigenvalue weighted by Gasteiger charge is 2.41. The predicted molar refractivity (Wildman–Crippen MR) is 116 cm³/mol. The van der Waals surface area contributed by atoms with Crippen LogP contribution in [-0.2, 0) is 20.7 Å². The average molecular weight is 437 g/mol. The number of ether oxygens (including phenoxy) is 1. The largest absolute Gasteiger partial charge is 0.462 e. The molecule has 2 aromatic rings. The average Bonchev–Trinajstić information content (AvgIpc) is 3.05. The van der Waals surface area contributed by atoms with Crippen LogP contribution in [0.3, 0.4) is 0 Å². The Kier molecular flexibility index (Phi) is 6.72. The van der Waals surface area contributed by atoms with Crippen molar-refractivity contribution < 1.29 is 19.2 Å². The molecule has 0 bridgehead atoms. The number of carbonyl (C=O) groups is 2. The Labute approximate surface area is 183 Å². The molecule has 2 aromatic carbocycles. The maximum absolute atomic E-state index is 13.3. The molecule has 158 valence electrons. The second-order valence-corrected chi connectivity index (χ2v) is 7.95. The van der Waals surface area contributed by atoms with E-state index in [1.807, 2.05) is 25.1 Å². The molecule has 1 heterocycles. The zero-order valence-electron chi connectivity index (χ0n) is 16.9. The molecule has 0 radical (unpaired) electrons. The molecular formula is C22H19N3O5S.